The number of nitrogens with one attached hydrogen (secondary N) is 2. The van der Waals surface area contributed by atoms with E-state index in [1.54, 1.807) is 12.1 Å². The van der Waals surface area contributed by atoms with Gasteiger partial charge in [0.05, 0.1) is 12.1 Å². The topological polar surface area (TPSA) is 54.9 Å². The first-order chi connectivity index (χ1) is 11.5. The average Bonchev–Trinajstić information content (AvgIpc) is 2.97. The standard InChI is InChI=1S/C17H25F2N3O2.HI/c1-3-20-16(22-12-17(2)8-5-9-23-17)21-11-13-6-4-7-14(10-13)24-15(18)19;/h4,6-7,10,15H,3,5,8-9,11-12H2,1-2H3,(H2,20,21,22);1H. The van der Waals surface area contributed by atoms with Crippen LogP contribution in [0.4, 0.5) is 8.78 Å². The van der Waals surface area contributed by atoms with Gasteiger partial charge in [0.25, 0.3) is 0 Å². The summed E-state index contributed by atoms with van der Waals surface area (Å²) in [5, 5.41) is 6.46. The maximum atomic E-state index is 12.3. The van der Waals surface area contributed by atoms with Crippen LogP contribution in [0.15, 0.2) is 29.3 Å². The lowest BCUT2D eigenvalue weighted by Crippen LogP contribution is -2.45. The van der Waals surface area contributed by atoms with Gasteiger partial charge in [-0.15, -0.1) is 24.0 Å². The first-order valence-electron chi connectivity index (χ1n) is 8.21. The number of hydrogen-bond donors (Lipinski definition) is 2. The highest BCUT2D eigenvalue weighted by molar-refractivity contribution is 14.0. The Balaban J connectivity index is 0.00000312. The maximum Gasteiger partial charge on any atom is 0.387 e. The van der Waals surface area contributed by atoms with Crippen LogP contribution in [0.5, 0.6) is 5.75 Å². The molecule has 1 fully saturated rings. The van der Waals surface area contributed by atoms with Crippen molar-refractivity contribution in [3.05, 3.63) is 29.8 Å². The fraction of sp³-hybridized carbons (Fsp3) is 0.588. The molecule has 1 aliphatic rings. The van der Waals surface area contributed by atoms with E-state index >= 15 is 0 Å². The predicted octanol–water partition coefficient (Wildman–Crippen LogP) is 3.53. The second kappa shape index (κ2) is 10.7. The molecule has 1 aromatic rings. The molecule has 25 heavy (non-hydrogen) atoms. The highest BCUT2D eigenvalue weighted by Crippen LogP contribution is 2.23. The molecule has 2 rings (SSSR count). The molecule has 2 N–H and O–H groups in total. The molecule has 1 aromatic carbocycles. The van der Waals surface area contributed by atoms with Gasteiger partial charge in [-0.2, -0.15) is 8.78 Å². The summed E-state index contributed by atoms with van der Waals surface area (Å²) in [7, 11) is 0. The van der Waals surface area contributed by atoms with Gasteiger partial charge in [0.2, 0.25) is 0 Å². The second-order valence-corrected chi connectivity index (χ2v) is 5.98. The van der Waals surface area contributed by atoms with Gasteiger partial charge in [0.15, 0.2) is 5.96 Å². The van der Waals surface area contributed by atoms with E-state index in [9.17, 15) is 8.78 Å². The molecule has 5 nitrogen and oxygen atoms in total. The van der Waals surface area contributed by atoms with Crippen LogP contribution in [0.25, 0.3) is 0 Å². The monoisotopic (exact) mass is 469 g/mol. The summed E-state index contributed by atoms with van der Waals surface area (Å²) in [5.74, 6) is 0.817. The number of alkyl halides is 2. The molecule has 0 aliphatic carbocycles. The van der Waals surface area contributed by atoms with Crippen molar-refractivity contribution in [3.8, 4) is 5.75 Å². The minimum Gasteiger partial charge on any atom is -0.435 e. The lowest BCUT2D eigenvalue weighted by Gasteiger charge is -2.24. The van der Waals surface area contributed by atoms with Crippen LogP contribution in [0.3, 0.4) is 0 Å². The minimum atomic E-state index is -2.82. The third-order valence-electron chi connectivity index (χ3n) is 3.82. The second-order valence-electron chi connectivity index (χ2n) is 5.98. The molecule has 0 bridgehead atoms. The smallest absolute Gasteiger partial charge is 0.387 e. The number of guanidine groups is 1. The van der Waals surface area contributed by atoms with Crippen LogP contribution in [-0.4, -0.2) is 37.9 Å². The molecular formula is C17H26F2IN3O2. The molecule has 0 aromatic heterocycles. The van der Waals surface area contributed by atoms with Crippen molar-refractivity contribution >= 4 is 29.9 Å². The number of halogens is 3. The van der Waals surface area contributed by atoms with Crippen molar-refractivity contribution in [2.45, 2.75) is 45.4 Å². The van der Waals surface area contributed by atoms with Gasteiger partial charge in [-0.25, -0.2) is 4.99 Å². The van der Waals surface area contributed by atoms with E-state index in [4.69, 9.17) is 4.74 Å². The number of hydrogen-bond acceptors (Lipinski definition) is 3. The summed E-state index contributed by atoms with van der Waals surface area (Å²) in [6.45, 7) is 3.82. The largest absolute Gasteiger partial charge is 0.435 e. The average molecular weight is 469 g/mol. The Kier molecular flexibility index (Phi) is 9.41. The Morgan fingerprint density at radius 3 is 2.84 bits per heavy atom. The first-order valence-corrected chi connectivity index (χ1v) is 8.21. The molecule has 0 amide bonds. The van der Waals surface area contributed by atoms with E-state index in [0.29, 0.717) is 19.0 Å². The maximum absolute atomic E-state index is 12.3. The van der Waals surface area contributed by atoms with Crippen molar-refractivity contribution in [3.63, 3.8) is 0 Å². The lowest BCUT2D eigenvalue weighted by molar-refractivity contribution is -0.0498. The molecule has 1 saturated heterocycles. The van der Waals surface area contributed by atoms with Crippen LogP contribution in [-0.2, 0) is 11.3 Å². The van der Waals surface area contributed by atoms with Gasteiger partial charge < -0.3 is 20.1 Å². The number of aliphatic imine (C=N–C) groups is 1. The van der Waals surface area contributed by atoms with Crippen molar-refractivity contribution < 1.29 is 18.3 Å². The Labute approximate surface area is 164 Å². The zero-order valence-corrected chi connectivity index (χ0v) is 16.9. The van der Waals surface area contributed by atoms with Crippen LogP contribution >= 0.6 is 24.0 Å². The Bertz CT molecular complexity index is 552. The van der Waals surface area contributed by atoms with Crippen LogP contribution in [0, 0.1) is 0 Å². The quantitative estimate of drug-likeness (QED) is 0.365. The van der Waals surface area contributed by atoms with E-state index in [0.717, 1.165) is 31.6 Å². The molecular weight excluding hydrogens is 443 g/mol. The molecule has 1 heterocycles. The highest BCUT2D eigenvalue weighted by atomic mass is 127. The van der Waals surface area contributed by atoms with E-state index in [1.807, 2.05) is 13.0 Å². The van der Waals surface area contributed by atoms with Crippen LogP contribution in [0.2, 0.25) is 0 Å². The molecule has 1 aliphatic heterocycles. The first kappa shape index (κ1) is 21.9. The van der Waals surface area contributed by atoms with E-state index in [1.165, 1.54) is 6.07 Å². The number of nitrogens with zero attached hydrogens (tertiary/aromatic N) is 1. The number of rotatable bonds is 7. The Morgan fingerprint density at radius 1 is 1.40 bits per heavy atom. The number of benzene rings is 1. The molecule has 1 atom stereocenters. The number of ether oxygens (including phenoxy) is 2. The van der Waals surface area contributed by atoms with Gasteiger partial charge in [0.1, 0.15) is 5.75 Å². The van der Waals surface area contributed by atoms with Gasteiger partial charge in [0, 0.05) is 19.7 Å². The Hall–Kier alpha value is -1.16. The summed E-state index contributed by atoms with van der Waals surface area (Å²) in [4.78, 5) is 4.49. The fourth-order valence-corrected chi connectivity index (χ4v) is 2.58. The van der Waals surface area contributed by atoms with Crippen molar-refractivity contribution in [1.82, 2.24) is 10.6 Å². The summed E-state index contributed by atoms with van der Waals surface area (Å²) in [6.07, 6.45) is 2.09. The lowest BCUT2D eigenvalue weighted by atomic mass is 10.0. The molecule has 0 saturated carbocycles. The zero-order valence-electron chi connectivity index (χ0n) is 14.6. The normalized spacial score (nSPS) is 20.3. The molecule has 0 radical (unpaired) electrons. The highest BCUT2D eigenvalue weighted by Gasteiger charge is 2.29. The van der Waals surface area contributed by atoms with Crippen molar-refractivity contribution in [2.24, 2.45) is 4.99 Å². The molecule has 1 unspecified atom stereocenters. The summed E-state index contributed by atoms with van der Waals surface area (Å²) < 4.78 is 34.7. The molecule has 0 spiro atoms. The minimum absolute atomic E-state index is 0. The third kappa shape index (κ3) is 7.72. The van der Waals surface area contributed by atoms with Crippen LogP contribution in [0.1, 0.15) is 32.3 Å². The van der Waals surface area contributed by atoms with E-state index in [2.05, 4.69) is 27.3 Å². The van der Waals surface area contributed by atoms with E-state index < -0.39 is 6.61 Å². The Morgan fingerprint density at radius 2 is 2.20 bits per heavy atom. The SMILES string of the molecule is CCNC(=NCc1cccc(OC(F)F)c1)NCC1(C)CCCO1.I. The molecule has 142 valence electrons. The fourth-order valence-electron chi connectivity index (χ4n) is 2.58. The van der Waals surface area contributed by atoms with Crippen LogP contribution < -0.4 is 15.4 Å². The summed E-state index contributed by atoms with van der Waals surface area (Å²) >= 11 is 0. The zero-order chi connectivity index (χ0) is 17.4. The van der Waals surface area contributed by atoms with E-state index in [-0.39, 0.29) is 35.3 Å². The predicted molar refractivity (Wildman–Crippen MR) is 105 cm³/mol. The van der Waals surface area contributed by atoms with Gasteiger partial charge in [-0.1, -0.05) is 12.1 Å². The molecule has 8 heteroatoms. The summed E-state index contributed by atoms with van der Waals surface area (Å²) in [6, 6.07) is 6.57. The van der Waals surface area contributed by atoms with Gasteiger partial charge in [-0.05, 0) is 44.4 Å². The van der Waals surface area contributed by atoms with Gasteiger partial charge in [-0.3, -0.25) is 0 Å². The van der Waals surface area contributed by atoms with Crippen molar-refractivity contribution in [2.75, 3.05) is 19.7 Å². The third-order valence-corrected chi connectivity index (χ3v) is 3.82. The van der Waals surface area contributed by atoms with Gasteiger partial charge >= 0.3 is 6.61 Å². The van der Waals surface area contributed by atoms with Crippen molar-refractivity contribution in [1.29, 1.82) is 0 Å². The summed E-state index contributed by atoms with van der Waals surface area (Å²) in [5.41, 5.74) is 0.634.